The fraction of sp³-hybridized carbons (Fsp3) is 0.778. The Balaban J connectivity index is 1.98. The van der Waals surface area contributed by atoms with Gasteiger partial charge in [0, 0.05) is 13.1 Å². The summed E-state index contributed by atoms with van der Waals surface area (Å²) in [6.45, 7) is 6.04. The van der Waals surface area contributed by atoms with Crippen LogP contribution in [-0.4, -0.2) is 18.0 Å². The summed E-state index contributed by atoms with van der Waals surface area (Å²) in [7, 11) is 0. The molecule has 1 aliphatic carbocycles. The van der Waals surface area contributed by atoms with Crippen LogP contribution in [0.3, 0.4) is 0 Å². The van der Waals surface area contributed by atoms with Gasteiger partial charge in [-0.05, 0) is 31.1 Å². The lowest BCUT2D eigenvalue weighted by Crippen LogP contribution is -2.34. The average Bonchev–Trinajstić information content (AvgIpc) is 2.69. The summed E-state index contributed by atoms with van der Waals surface area (Å²) in [5.74, 6) is 0. The van der Waals surface area contributed by atoms with E-state index in [9.17, 15) is 0 Å². The normalized spacial score (nSPS) is 27.2. The maximum Gasteiger partial charge on any atom is 0.0971 e. The predicted octanol–water partition coefficient (Wildman–Crippen LogP) is 2.57. The molecule has 0 radical (unpaired) electrons. The van der Waals surface area contributed by atoms with Crippen LogP contribution in [0.25, 0.3) is 0 Å². The zero-order valence-electron chi connectivity index (χ0n) is 6.77. The standard InChI is InChI=1S/C9H14ClN/c1-8(10)11-6-2-3-9(7-11)4-5-9/h1-7H2. The molecule has 2 heteroatoms. The molecule has 0 unspecified atom stereocenters. The van der Waals surface area contributed by atoms with E-state index in [4.69, 9.17) is 11.6 Å². The Hall–Kier alpha value is -0.170. The highest BCUT2D eigenvalue weighted by molar-refractivity contribution is 6.28. The predicted molar refractivity (Wildman–Crippen MR) is 47.5 cm³/mol. The largest absolute Gasteiger partial charge is 0.362 e. The Kier molecular flexibility index (Phi) is 1.64. The average molecular weight is 172 g/mol. The number of hydrogen-bond acceptors (Lipinski definition) is 1. The van der Waals surface area contributed by atoms with Gasteiger partial charge in [-0.1, -0.05) is 18.2 Å². The highest BCUT2D eigenvalue weighted by Crippen LogP contribution is 2.52. The first-order valence-corrected chi connectivity index (χ1v) is 4.69. The van der Waals surface area contributed by atoms with Gasteiger partial charge in [0.2, 0.25) is 0 Å². The van der Waals surface area contributed by atoms with Gasteiger partial charge in [-0.15, -0.1) is 0 Å². The van der Waals surface area contributed by atoms with Crippen LogP contribution < -0.4 is 0 Å². The molecule has 1 aliphatic heterocycles. The molecule has 1 nitrogen and oxygen atoms in total. The van der Waals surface area contributed by atoms with Gasteiger partial charge in [0.15, 0.2) is 0 Å². The second-order valence-corrected chi connectivity index (χ2v) is 4.34. The molecule has 0 aromatic carbocycles. The molecule has 0 aromatic heterocycles. The number of rotatable bonds is 1. The molecule has 0 aromatic rings. The highest BCUT2D eigenvalue weighted by atomic mass is 35.5. The fourth-order valence-electron chi connectivity index (χ4n) is 2.00. The summed E-state index contributed by atoms with van der Waals surface area (Å²) in [5, 5.41) is 0.732. The molecule has 1 saturated heterocycles. The Morgan fingerprint density at radius 3 is 2.64 bits per heavy atom. The van der Waals surface area contributed by atoms with Crippen LogP contribution >= 0.6 is 11.6 Å². The fourth-order valence-corrected chi connectivity index (χ4v) is 2.14. The van der Waals surface area contributed by atoms with E-state index in [2.05, 4.69) is 11.5 Å². The zero-order valence-corrected chi connectivity index (χ0v) is 7.53. The van der Waals surface area contributed by atoms with Gasteiger partial charge < -0.3 is 4.90 Å². The third kappa shape index (κ3) is 1.39. The number of halogens is 1. The van der Waals surface area contributed by atoms with Crippen molar-refractivity contribution in [3.05, 3.63) is 11.7 Å². The molecule has 2 aliphatic rings. The van der Waals surface area contributed by atoms with Crippen LogP contribution in [0.1, 0.15) is 25.7 Å². The monoisotopic (exact) mass is 171 g/mol. The molecule has 2 fully saturated rings. The van der Waals surface area contributed by atoms with Crippen LogP contribution in [0.5, 0.6) is 0 Å². The van der Waals surface area contributed by atoms with E-state index in [1.54, 1.807) is 0 Å². The molecule has 1 saturated carbocycles. The zero-order chi connectivity index (χ0) is 7.90. The minimum Gasteiger partial charge on any atom is -0.362 e. The quantitative estimate of drug-likeness (QED) is 0.549. The van der Waals surface area contributed by atoms with Crippen LogP contribution in [0, 0.1) is 5.41 Å². The van der Waals surface area contributed by atoms with Gasteiger partial charge in [0.05, 0.1) is 5.16 Å². The van der Waals surface area contributed by atoms with Crippen molar-refractivity contribution in [3.8, 4) is 0 Å². The number of likely N-dealkylation sites (tertiary alicyclic amines) is 1. The minimum atomic E-state index is 0.663. The molecule has 11 heavy (non-hydrogen) atoms. The summed E-state index contributed by atoms with van der Waals surface area (Å²) in [4.78, 5) is 2.22. The first-order chi connectivity index (χ1) is 5.22. The van der Waals surface area contributed by atoms with Crippen molar-refractivity contribution in [1.82, 2.24) is 4.90 Å². The van der Waals surface area contributed by atoms with Gasteiger partial charge >= 0.3 is 0 Å². The number of nitrogens with zero attached hydrogens (tertiary/aromatic N) is 1. The third-order valence-electron chi connectivity index (χ3n) is 2.96. The van der Waals surface area contributed by atoms with Crippen molar-refractivity contribution < 1.29 is 0 Å². The number of piperidine rings is 1. The summed E-state index contributed by atoms with van der Waals surface area (Å²) in [5.41, 5.74) is 0.663. The van der Waals surface area contributed by atoms with E-state index < -0.39 is 0 Å². The first kappa shape index (κ1) is 7.48. The van der Waals surface area contributed by atoms with Crippen molar-refractivity contribution in [3.63, 3.8) is 0 Å². The summed E-state index contributed by atoms with van der Waals surface area (Å²) in [6.07, 6.45) is 5.53. The van der Waals surface area contributed by atoms with Crippen molar-refractivity contribution in [2.75, 3.05) is 13.1 Å². The Labute approximate surface area is 73.0 Å². The summed E-state index contributed by atoms with van der Waals surface area (Å²) < 4.78 is 0. The van der Waals surface area contributed by atoms with Gasteiger partial charge in [0.25, 0.3) is 0 Å². The second kappa shape index (κ2) is 2.41. The number of hydrogen-bond donors (Lipinski definition) is 0. The molecule has 1 heterocycles. The molecular formula is C9H14ClN. The van der Waals surface area contributed by atoms with Gasteiger partial charge in [-0.2, -0.15) is 0 Å². The van der Waals surface area contributed by atoms with E-state index in [1.165, 1.54) is 25.7 Å². The Morgan fingerprint density at radius 1 is 1.36 bits per heavy atom. The summed E-state index contributed by atoms with van der Waals surface area (Å²) >= 11 is 5.84. The molecule has 0 amide bonds. The molecule has 62 valence electrons. The minimum absolute atomic E-state index is 0.663. The highest BCUT2D eigenvalue weighted by Gasteiger charge is 2.45. The molecular weight excluding hydrogens is 158 g/mol. The van der Waals surface area contributed by atoms with Gasteiger partial charge in [0.1, 0.15) is 0 Å². The molecule has 2 rings (SSSR count). The van der Waals surface area contributed by atoms with E-state index in [0.717, 1.165) is 18.2 Å². The van der Waals surface area contributed by atoms with E-state index in [0.29, 0.717) is 5.41 Å². The van der Waals surface area contributed by atoms with Crippen molar-refractivity contribution >= 4 is 11.6 Å². The Morgan fingerprint density at radius 2 is 2.09 bits per heavy atom. The third-order valence-corrected chi connectivity index (χ3v) is 3.20. The van der Waals surface area contributed by atoms with Crippen molar-refractivity contribution in [2.45, 2.75) is 25.7 Å². The molecule has 1 spiro atoms. The Bertz CT molecular complexity index is 184. The first-order valence-electron chi connectivity index (χ1n) is 4.31. The van der Waals surface area contributed by atoms with Crippen molar-refractivity contribution in [1.29, 1.82) is 0 Å². The maximum atomic E-state index is 5.84. The van der Waals surface area contributed by atoms with Crippen LogP contribution in [0.4, 0.5) is 0 Å². The van der Waals surface area contributed by atoms with Gasteiger partial charge in [-0.3, -0.25) is 0 Å². The second-order valence-electron chi connectivity index (χ2n) is 3.90. The lowest BCUT2D eigenvalue weighted by atomic mass is 9.95. The van der Waals surface area contributed by atoms with Crippen LogP contribution in [0.2, 0.25) is 0 Å². The van der Waals surface area contributed by atoms with Crippen LogP contribution in [-0.2, 0) is 0 Å². The topological polar surface area (TPSA) is 3.24 Å². The molecule has 0 bridgehead atoms. The van der Waals surface area contributed by atoms with E-state index >= 15 is 0 Å². The lowest BCUT2D eigenvalue weighted by molar-refractivity contribution is 0.212. The van der Waals surface area contributed by atoms with Crippen molar-refractivity contribution in [2.24, 2.45) is 5.41 Å². The smallest absolute Gasteiger partial charge is 0.0971 e. The molecule has 0 atom stereocenters. The maximum absolute atomic E-state index is 5.84. The van der Waals surface area contributed by atoms with Gasteiger partial charge in [-0.25, -0.2) is 0 Å². The van der Waals surface area contributed by atoms with E-state index in [-0.39, 0.29) is 0 Å². The van der Waals surface area contributed by atoms with E-state index in [1.807, 2.05) is 0 Å². The SMILES string of the molecule is C=C(Cl)N1CCCC2(CC2)C1. The molecule has 0 N–H and O–H groups in total. The summed E-state index contributed by atoms with van der Waals surface area (Å²) in [6, 6.07) is 0. The van der Waals surface area contributed by atoms with Crippen LogP contribution in [0.15, 0.2) is 11.7 Å². The lowest BCUT2D eigenvalue weighted by Gasteiger charge is -2.33.